The molecule has 0 aromatic carbocycles. The van der Waals surface area contributed by atoms with Gasteiger partial charge in [-0.2, -0.15) is 0 Å². The number of methoxy groups -OCH3 is 1. The molecule has 1 saturated heterocycles. The van der Waals surface area contributed by atoms with Crippen molar-refractivity contribution in [2.75, 3.05) is 26.1 Å². The molecule has 1 aliphatic rings. The van der Waals surface area contributed by atoms with E-state index < -0.39 is 11.8 Å². The maximum absolute atomic E-state index is 11.5. The molecule has 1 amide bonds. The van der Waals surface area contributed by atoms with Crippen LogP contribution in [0.5, 0.6) is 0 Å². The van der Waals surface area contributed by atoms with Crippen LogP contribution in [-0.4, -0.2) is 59.0 Å². The molecule has 0 aromatic heterocycles. The van der Waals surface area contributed by atoms with Crippen molar-refractivity contribution in [3.8, 4) is 0 Å². The summed E-state index contributed by atoms with van der Waals surface area (Å²) >= 11 is 5.47. The molecule has 2 atom stereocenters. The Balaban J connectivity index is 2.90. The predicted molar refractivity (Wildman–Crippen MR) is 54.5 cm³/mol. The number of amides is 1. The van der Waals surface area contributed by atoms with E-state index in [2.05, 4.69) is 0 Å². The lowest BCUT2D eigenvalue weighted by molar-refractivity contribution is -0.182. The quantitative estimate of drug-likeness (QED) is 0.513. The van der Waals surface area contributed by atoms with E-state index in [1.165, 1.54) is 12.0 Å². The molecule has 2 unspecified atom stereocenters. The van der Waals surface area contributed by atoms with Crippen molar-refractivity contribution in [2.45, 2.75) is 24.7 Å². The number of aliphatic hydroxyl groups excluding tert-OH is 2. The Bertz CT molecular complexity index is 238. The molecule has 0 aliphatic carbocycles. The summed E-state index contributed by atoms with van der Waals surface area (Å²) in [6.45, 7) is 0.164. The van der Waals surface area contributed by atoms with Crippen LogP contribution in [0.2, 0.25) is 0 Å². The number of carbonyl (C=O) groups excluding carboxylic acids is 1. The Kier molecular flexibility index (Phi) is 4.33. The summed E-state index contributed by atoms with van der Waals surface area (Å²) in [5.74, 6) is -0.447. The normalized spacial score (nSPS) is 28.1. The fourth-order valence-corrected chi connectivity index (χ4v) is 2.21. The molecule has 1 aliphatic heterocycles. The monoisotopic (exact) mass is 237 g/mol. The second-order valence-corrected chi connectivity index (χ2v) is 3.90. The van der Waals surface area contributed by atoms with Gasteiger partial charge in [-0.05, 0) is 12.8 Å². The summed E-state index contributed by atoms with van der Waals surface area (Å²) in [5.41, 5.74) is -1.03. The first kappa shape index (κ1) is 12.7. The van der Waals surface area contributed by atoms with Crippen LogP contribution in [-0.2, 0) is 9.53 Å². The number of likely N-dealkylation sites (tertiary alicyclic amines) is 1. The number of hydrogen-bond donors (Lipinski definition) is 2. The molecule has 0 saturated carbocycles. The van der Waals surface area contributed by atoms with E-state index in [1.54, 1.807) is 0 Å². The average Bonchev–Trinajstić information content (AvgIpc) is 2.71. The summed E-state index contributed by atoms with van der Waals surface area (Å²) in [6, 6.07) is 0. The Morgan fingerprint density at radius 3 is 2.87 bits per heavy atom. The van der Waals surface area contributed by atoms with Gasteiger partial charge in [0, 0.05) is 13.7 Å². The molecular weight excluding hydrogens is 222 g/mol. The van der Waals surface area contributed by atoms with Crippen molar-refractivity contribution in [3.63, 3.8) is 0 Å². The van der Waals surface area contributed by atoms with Crippen LogP contribution in [0.3, 0.4) is 0 Å². The first-order valence-corrected chi connectivity index (χ1v) is 5.34. The second kappa shape index (κ2) is 5.12. The van der Waals surface area contributed by atoms with Crippen molar-refractivity contribution in [1.29, 1.82) is 0 Å². The molecule has 1 rings (SSSR count). The fraction of sp³-hybridized carbons (Fsp3) is 0.889. The minimum Gasteiger partial charge on any atom is -0.394 e. The zero-order valence-corrected chi connectivity index (χ0v) is 9.40. The van der Waals surface area contributed by atoms with Crippen molar-refractivity contribution >= 4 is 17.5 Å². The largest absolute Gasteiger partial charge is 0.394 e. The second-order valence-electron chi connectivity index (χ2n) is 3.63. The summed E-state index contributed by atoms with van der Waals surface area (Å²) in [7, 11) is 1.34. The lowest BCUT2D eigenvalue weighted by atomic mass is 9.96. The zero-order valence-electron chi connectivity index (χ0n) is 8.65. The molecule has 0 radical (unpaired) electrons. The van der Waals surface area contributed by atoms with Gasteiger partial charge in [0.1, 0.15) is 11.4 Å². The summed E-state index contributed by atoms with van der Waals surface area (Å²) in [5, 5.41) is 19.1. The van der Waals surface area contributed by atoms with Crippen molar-refractivity contribution in [2.24, 2.45) is 0 Å². The molecule has 88 valence electrons. The van der Waals surface area contributed by atoms with Gasteiger partial charge in [0.2, 0.25) is 5.91 Å². The van der Waals surface area contributed by atoms with Crippen LogP contribution in [0.25, 0.3) is 0 Å². The van der Waals surface area contributed by atoms with Crippen molar-refractivity contribution in [3.05, 3.63) is 0 Å². The highest BCUT2D eigenvalue weighted by molar-refractivity contribution is 6.27. The van der Waals surface area contributed by atoms with Gasteiger partial charge in [0.25, 0.3) is 0 Å². The Labute approximate surface area is 93.6 Å². The van der Waals surface area contributed by atoms with Crippen LogP contribution < -0.4 is 0 Å². The van der Waals surface area contributed by atoms with Gasteiger partial charge in [-0.1, -0.05) is 0 Å². The van der Waals surface area contributed by atoms with E-state index in [9.17, 15) is 15.0 Å². The molecule has 15 heavy (non-hydrogen) atoms. The SMILES string of the molecule is COC(O)C1(CO)CCCN1C(=O)CCl. The molecule has 5 nitrogen and oxygen atoms in total. The molecule has 0 bridgehead atoms. The van der Waals surface area contributed by atoms with Crippen LogP contribution in [0, 0.1) is 0 Å². The highest BCUT2D eigenvalue weighted by Crippen LogP contribution is 2.32. The van der Waals surface area contributed by atoms with E-state index in [0.717, 1.165) is 6.42 Å². The fourth-order valence-electron chi connectivity index (χ4n) is 2.06. The maximum atomic E-state index is 11.5. The summed E-state index contributed by atoms with van der Waals surface area (Å²) in [4.78, 5) is 12.9. The third kappa shape index (κ3) is 2.10. The summed E-state index contributed by atoms with van der Waals surface area (Å²) < 4.78 is 4.81. The number of ether oxygens (including phenoxy) is 1. The van der Waals surface area contributed by atoms with E-state index in [4.69, 9.17) is 16.3 Å². The first-order valence-electron chi connectivity index (χ1n) is 4.80. The molecule has 0 aromatic rings. The smallest absolute Gasteiger partial charge is 0.238 e. The van der Waals surface area contributed by atoms with Gasteiger partial charge in [-0.3, -0.25) is 4.79 Å². The van der Waals surface area contributed by atoms with Crippen LogP contribution in [0.15, 0.2) is 0 Å². The Morgan fingerprint density at radius 2 is 2.40 bits per heavy atom. The highest BCUT2D eigenvalue weighted by Gasteiger charge is 2.48. The Morgan fingerprint density at radius 1 is 1.73 bits per heavy atom. The average molecular weight is 238 g/mol. The van der Waals surface area contributed by atoms with E-state index in [1.807, 2.05) is 0 Å². The molecular formula is C9H16ClNO4. The van der Waals surface area contributed by atoms with Gasteiger partial charge in [0.15, 0.2) is 6.29 Å². The minimum atomic E-state index is -1.18. The number of alkyl halides is 1. The van der Waals surface area contributed by atoms with Crippen LogP contribution in [0.4, 0.5) is 0 Å². The van der Waals surface area contributed by atoms with E-state index >= 15 is 0 Å². The zero-order chi connectivity index (χ0) is 11.5. The number of carbonyl (C=O) groups is 1. The highest BCUT2D eigenvalue weighted by atomic mass is 35.5. The van der Waals surface area contributed by atoms with Gasteiger partial charge in [0.05, 0.1) is 6.61 Å². The Hall–Kier alpha value is -0.360. The topological polar surface area (TPSA) is 70.0 Å². The minimum absolute atomic E-state index is 0.155. The maximum Gasteiger partial charge on any atom is 0.238 e. The third-order valence-electron chi connectivity index (χ3n) is 2.90. The number of halogens is 1. The van der Waals surface area contributed by atoms with Crippen molar-refractivity contribution in [1.82, 2.24) is 4.90 Å². The van der Waals surface area contributed by atoms with Gasteiger partial charge in [-0.25, -0.2) is 0 Å². The van der Waals surface area contributed by atoms with Gasteiger partial charge in [-0.15, -0.1) is 11.6 Å². The summed E-state index contributed by atoms with van der Waals surface area (Å²) in [6.07, 6.45) is 0.0576. The molecule has 1 heterocycles. The predicted octanol–water partition coefficient (Wildman–Crippen LogP) is -0.457. The third-order valence-corrected chi connectivity index (χ3v) is 3.13. The number of hydrogen-bond acceptors (Lipinski definition) is 4. The standard InChI is InChI=1S/C9H16ClNO4/c1-15-8(14)9(6-12)3-2-4-11(9)7(13)5-10/h8,12,14H,2-6H2,1H3. The van der Waals surface area contributed by atoms with E-state index in [0.29, 0.717) is 13.0 Å². The van der Waals surface area contributed by atoms with Gasteiger partial charge < -0.3 is 19.8 Å². The number of rotatable bonds is 4. The van der Waals surface area contributed by atoms with Crippen molar-refractivity contribution < 1.29 is 19.7 Å². The molecule has 6 heteroatoms. The molecule has 2 N–H and O–H groups in total. The molecule has 1 fully saturated rings. The lowest BCUT2D eigenvalue weighted by Gasteiger charge is -2.39. The van der Waals surface area contributed by atoms with Gasteiger partial charge >= 0.3 is 0 Å². The van der Waals surface area contributed by atoms with Crippen LogP contribution >= 0.6 is 11.6 Å². The first-order chi connectivity index (χ1) is 7.12. The number of nitrogens with zero attached hydrogens (tertiary/aromatic N) is 1. The van der Waals surface area contributed by atoms with E-state index in [-0.39, 0.29) is 18.4 Å². The molecule has 0 spiro atoms. The van der Waals surface area contributed by atoms with Crippen LogP contribution in [0.1, 0.15) is 12.8 Å². The number of aliphatic hydroxyl groups is 2. The lowest BCUT2D eigenvalue weighted by Crippen LogP contribution is -2.58.